The molecule has 21 heavy (non-hydrogen) atoms. The Bertz CT molecular complexity index is 722. The Morgan fingerprint density at radius 2 is 2.05 bits per heavy atom. The molecule has 0 saturated carbocycles. The predicted octanol–water partition coefficient (Wildman–Crippen LogP) is 3.69. The van der Waals surface area contributed by atoms with Crippen LogP contribution in [0.3, 0.4) is 0 Å². The molecule has 1 atom stereocenters. The summed E-state index contributed by atoms with van der Waals surface area (Å²) in [4.78, 5) is 4.03. The van der Waals surface area contributed by atoms with Gasteiger partial charge in [0.2, 0.25) is 0 Å². The minimum absolute atomic E-state index is 0.239. The van der Waals surface area contributed by atoms with Gasteiger partial charge in [0.1, 0.15) is 5.76 Å². The molecule has 0 unspecified atom stereocenters. The second-order valence-electron chi connectivity index (χ2n) is 4.97. The molecule has 0 bridgehead atoms. The van der Waals surface area contributed by atoms with Crippen LogP contribution in [0.5, 0.6) is 5.75 Å². The van der Waals surface area contributed by atoms with Gasteiger partial charge in [-0.1, -0.05) is 12.1 Å². The molecule has 4 heteroatoms. The van der Waals surface area contributed by atoms with Crippen LogP contribution in [-0.2, 0) is 6.54 Å². The second kappa shape index (κ2) is 5.97. The summed E-state index contributed by atoms with van der Waals surface area (Å²) in [7, 11) is 1.65. The van der Waals surface area contributed by atoms with Crippen LogP contribution in [0.15, 0.2) is 53.2 Å². The molecule has 108 valence electrons. The largest absolute Gasteiger partial charge is 0.493 e. The lowest BCUT2D eigenvalue weighted by Crippen LogP contribution is -2.17. The highest BCUT2D eigenvalue weighted by atomic mass is 16.5. The Morgan fingerprint density at radius 1 is 1.24 bits per heavy atom. The number of hydrogen-bond donors (Lipinski definition) is 1. The third kappa shape index (κ3) is 2.90. The number of furan rings is 1. The first-order valence-electron chi connectivity index (χ1n) is 6.96. The minimum atomic E-state index is 0.239. The summed E-state index contributed by atoms with van der Waals surface area (Å²) in [6, 6.07) is 12.2. The number of ether oxygens (including phenoxy) is 1. The maximum atomic E-state index is 5.88. The van der Waals surface area contributed by atoms with Crippen molar-refractivity contribution in [3.8, 4) is 5.75 Å². The zero-order valence-corrected chi connectivity index (χ0v) is 12.2. The van der Waals surface area contributed by atoms with Crippen molar-refractivity contribution >= 4 is 11.0 Å². The number of hydrogen-bond acceptors (Lipinski definition) is 4. The highest BCUT2D eigenvalue weighted by Gasteiger charge is 2.10. The third-order valence-corrected chi connectivity index (χ3v) is 3.57. The fourth-order valence-electron chi connectivity index (χ4n) is 2.36. The summed E-state index contributed by atoms with van der Waals surface area (Å²) in [5, 5.41) is 4.51. The molecule has 2 aromatic heterocycles. The van der Waals surface area contributed by atoms with Gasteiger partial charge in [0.25, 0.3) is 0 Å². The van der Waals surface area contributed by atoms with Crippen LogP contribution in [0.2, 0.25) is 0 Å². The Balaban J connectivity index is 1.74. The quantitative estimate of drug-likeness (QED) is 0.775. The van der Waals surface area contributed by atoms with Crippen LogP contribution in [-0.4, -0.2) is 12.1 Å². The van der Waals surface area contributed by atoms with Crippen LogP contribution in [0.4, 0.5) is 0 Å². The number of rotatable bonds is 5. The Hall–Kier alpha value is -2.33. The molecule has 0 aliphatic heterocycles. The summed E-state index contributed by atoms with van der Waals surface area (Å²) in [5.41, 5.74) is 2.01. The fourth-order valence-corrected chi connectivity index (χ4v) is 2.36. The standard InChI is InChI=1S/C17H18N2O2/c1-12(13-6-8-18-9-7-13)19-11-15-10-14-4-3-5-16(20-2)17(14)21-15/h3-10,12,19H,11H2,1-2H3/t12-/m0/s1. The van der Waals surface area contributed by atoms with Crippen molar-refractivity contribution in [2.45, 2.75) is 19.5 Å². The van der Waals surface area contributed by atoms with E-state index in [4.69, 9.17) is 9.15 Å². The smallest absolute Gasteiger partial charge is 0.176 e. The molecule has 0 aliphatic rings. The van der Waals surface area contributed by atoms with Crippen molar-refractivity contribution < 1.29 is 9.15 Å². The van der Waals surface area contributed by atoms with Gasteiger partial charge in [0.15, 0.2) is 11.3 Å². The van der Waals surface area contributed by atoms with Crippen molar-refractivity contribution in [1.82, 2.24) is 10.3 Å². The van der Waals surface area contributed by atoms with E-state index in [0.29, 0.717) is 6.54 Å². The first-order chi connectivity index (χ1) is 10.3. The van der Waals surface area contributed by atoms with Crippen molar-refractivity contribution in [1.29, 1.82) is 0 Å². The lowest BCUT2D eigenvalue weighted by molar-refractivity contribution is 0.405. The summed E-state index contributed by atoms with van der Waals surface area (Å²) >= 11 is 0. The van der Waals surface area contributed by atoms with E-state index >= 15 is 0 Å². The first-order valence-corrected chi connectivity index (χ1v) is 6.96. The lowest BCUT2D eigenvalue weighted by Gasteiger charge is -2.12. The zero-order valence-electron chi connectivity index (χ0n) is 12.2. The molecule has 0 fully saturated rings. The number of methoxy groups -OCH3 is 1. The summed E-state index contributed by atoms with van der Waals surface area (Å²) in [5.74, 6) is 1.66. The normalized spacial score (nSPS) is 12.5. The van der Waals surface area contributed by atoms with Crippen molar-refractivity contribution in [2.75, 3.05) is 7.11 Å². The van der Waals surface area contributed by atoms with E-state index < -0.39 is 0 Å². The predicted molar refractivity (Wildman–Crippen MR) is 82.3 cm³/mol. The number of aromatic nitrogens is 1. The van der Waals surface area contributed by atoms with Gasteiger partial charge in [-0.3, -0.25) is 4.98 Å². The number of nitrogens with zero attached hydrogens (tertiary/aromatic N) is 1. The summed E-state index contributed by atoms with van der Waals surface area (Å²) in [6.45, 7) is 2.79. The molecule has 2 heterocycles. The average Bonchev–Trinajstić information content (AvgIpc) is 2.96. The number of pyridine rings is 1. The van der Waals surface area contributed by atoms with E-state index in [1.165, 1.54) is 5.56 Å². The number of nitrogens with one attached hydrogen (secondary N) is 1. The van der Waals surface area contributed by atoms with E-state index in [9.17, 15) is 0 Å². The molecular formula is C17H18N2O2. The van der Waals surface area contributed by atoms with Crippen LogP contribution >= 0.6 is 0 Å². The van der Waals surface area contributed by atoms with Gasteiger partial charge in [-0.2, -0.15) is 0 Å². The lowest BCUT2D eigenvalue weighted by atomic mass is 10.1. The van der Waals surface area contributed by atoms with Crippen molar-refractivity contribution in [2.24, 2.45) is 0 Å². The zero-order chi connectivity index (χ0) is 14.7. The monoisotopic (exact) mass is 282 g/mol. The maximum absolute atomic E-state index is 5.88. The number of fused-ring (bicyclic) bond motifs is 1. The van der Waals surface area contributed by atoms with Gasteiger partial charge in [0.05, 0.1) is 13.7 Å². The first kappa shape index (κ1) is 13.6. The number of para-hydroxylation sites is 1. The van der Waals surface area contributed by atoms with Crippen LogP contribution in [0.1, 0.15) is 24.3 Å². The van der Waals surface area contributed by atoms with Gasteiger partial charge in [-0.15, -0.1) is 0 Å². The highest BCUT2D eigenvalue weighted by Crippen LogP contribution is 2.28. The van der Waals surface area contributed by atoms with Gasteiger partial charge in [0, 0.05) is 23.8 Å². The highest BCUT2D eigenvalue weighted by molar-refractivity contribution is 5.83. The van der Waals surface area contributed by atoms with Crippen molar-refractivity contribution in [3.63, 3.8) is 0 Å². The molecular weight excluding hydrogens is 264 g/mol. The molecule has 0 saturated heterocycles. The molecule has 3 rings (SSSR count). The Morgan fingerprint density at radius 3 is 2.81 bits per heavy atom. The number of benzene rings is 1. The van der Waals surface area contributed by atoms with Crippen LogP contribution in [0, 0.1) is 0 Å². The third-order valence-electron chi connectivity index (χ3n) is 3.57. The van der Waals surface area contributed by atoms with E-state index in [0.717, 1.165) is 22.5 Å². The van der Waals surface area contributed by atoms with Gasteiger partial charge >= 0.3 is 0 Å². The van der Waals surface area contributed by atoms with Crippen molar-refractivity contribution in [3.05, 3.63) is 60.1 Å². The summed E-state index contributed by atoms with van der Waals surface area (Å²) in [6.07, 6.45) is 3.61. The maximum Gasteiger partial charge on any atom is 0.176 e. The Labute approximate surface area is 123 Å². The van der Waals surface area contributed by atoms with Gasteiger partial charge in [-0.05, 0) is 36.8 Å². The second-order valence-corrected chi connectivity index (χ2v) is 4.97. The minimum Gasteiger partial charge on any atom is -0.493 e. The van der Waals surface area contributed by atoms with Gasteiger partial charge < -0.3 is 14.5 Å². The average molecular weight is 282 g/mol. The van der Waals surface area contributed by atoms with Gasteiger partial charge in [-0.25, -0.2) is 0 Å². The van der Waals surface area contributed by atoms with E-state index in [1.807, 2.05) is 36.4 Å². The fraction of sp³-hybridized carbons (Fsp3) is 0.235. The van der Waals surface area contributed by atoms with E-state index in [2.05, 4.69) is 17.2 Å². The molecule has 4 nitrogen and oxygen atoms in total. The van der Waals surface area contributed by atoms with E-state index in [-0.39, 0.29) is 6.04 Å². The molecule has 0 spiro atoms. The molecule has 0 radical (unpaired) electrons. The topological polar surface area (TPSA) is 47.3 Å². The molecule has 1 N–H and O–H groups in total. The molecule has 3 aromatic rings. The summed E-state index contributed by atoms with van der Waals surface area (Å²) < 4.78 is 11.2. The molecule has 0 aliphatic carbocycles. The van der Waals surface area contributed by atoms with E-state index in [1.54, 1.807) is 19.5 Å². The van der Waals surface area contributed by atoms with Crippen LogP contribution < -0.4 is 10.1 Å². The molecule has 0 amide bonds. The SMILES string of the molecule is COc1cccc2cc(CN[C@@H](C)c3ccncc3)oc12. The van der Waals surface area contributed by atoms with Crippen LogP contribution in [0.25, 0.3) is 11.0 Å². The Kier molecular flexibility index (Phi) is 3.88. The molecule has 1 aromatic carbocycles.